The zero-order chi connectivity index (χ0) is 26.5. The molecule has 0 saturated heterocycles. The Hall–Kier alpha value is -3.36. The Morgan fingerprint density at radius 3 is 2.38 bits per heavy atom. The predicted molar refractivity (Wildman–Crippen MR) is 151 cm³/mol. The lowest BCUT2D eigenvalue weighted by Crippen LogP contribution is -2.23. The lowest BCUT2D eigenvalue weighted by atomic mass is 10.1. The monoisotopic (exact) mass is 583 g/mol. The molecule has 0 amide bonds. The third-order valence-electron chi connectivity index (χ3n) is 5.99. The van der Waals surface area contributed by atoms with Gasteiger partial charge in [-0.1, -0.05) is 53.5 Å². The molecule has 192 valence electrons. The molecule has 0 unspecified atom stereocenters. The molecule has 7 nitrogen and oxygen atoms in total. The highest BCUT2D eigenvalue weighted by Gasteiger charge is 2.17. The maximum Gasteiger partial charge on any atom is 0.282 e. The minimum Gasteiger partial charge on any atom is -0.493 e. The second-order valence-corrected chi connectivity index (χ2v) is 9.82. The summed E-state index contributed by atoms with van der Waals surface area (Å²) in [5, 5.41) is 5.69. The molecule has 37 heavy (non-hydrogen) atoms. The Morgan fingerprint density at radius 2 is 1.76 bits per heavy atom. The van der Waals surface area contributed by atoms with E-state index in [2.05, 4.69) is 28.0 Å². The molecule has 0 saturated carbocycles. The van der Waals surface area contributed by atoms with Crippen molar-refractivity contribution < 1.29 is 14.2 Å². The van der Waals surface area contributed by atoms with E-state index in [9.17, 15) is 4.79 Å². The fourth-order valence-electron chi connectivity index (χ4n) is 3.76. The molecule has 0 aliphatic rings. The number of aromatic nitrogens is 2. The van der Waals surface area contributed by atoms with Crippen LogP contribution in [0.5, 0.6) is 17.2 Å². The third-order valence-corrected chi connectivity index (χ3v) is 6.73. The largest absolute Gasteiger partial charge is 0.493 e. The fourth-order valence-corrected chi connectivity index (χ4v) is 4.24. The van der Waals surface area contributed by atoms with Gasteiger partial charge in [-0.05, 0) is 54.4 Å². The maximum absolute atomic E-state index is 13.4. The summed E-state index contributed by atoms with van der Waals surface area (Å²) in [6.45, 7) is 4.38. The lowest BCUT2D eigenvalue weighted by Gasteiger charge is -2.16. The average Bonchev–Trinajstić information content (AvgIpc) is 2.91. The van der Waals surface area contributed by atoms with E-state index in [0.29, 0.717) is 51.2 Å². The molecule has 1 heterocycles. The highest BCUT2D eigenvalue weighted by molar-refractivity contribution is 9.10. The Balaban J connectivity index is 1.72. The zero-order valence-electron chi connectivity index (χ0n) is 21.0. The normalized spacial score (nSPS) is 12.2. The van der Waals surface area contributed by atoms with Gasteiger partial charge in [0.15, 0.2) is 11.5 Å². The number of rotatable bonds is 9. The first-order chi connectivity index (χ1) is 17.8. The van der Waals surface area contributed by atoms with Crippen LogP contribution in [0.4, 0.5) is 0 Å². The number of nitrogens with zero attached hydrogens (tertiary/aromatic N) is 3. The van der Waals surface area contributed by atoms with E-state index in [-0.39, 0.29) is 11.5 Å². The van der Waals surface area contributed by atoms with Crippen molar-refractivity contribution >= 4 is 44.6 Å². The molecule has 0 radical (unpaired) electrons. The van der Waals surface area contributed by atoms with Crippen LogP contribution in [0.2, 0.25) is 5.02 Å². The predicted octanol–water partition coefficient (Wildman–Crippen LogP) is 6.80. The van der Waals surface area contributed by atoms with Gasteiger partial charge in [0.05, 0.1) is 31.3 Å². The first-order valence-corrected chi connectivity index (χ1v) is 12.9. The van der Waals surface area contributed by atoms with Gasteiger partial charge in [-0.15, -0.1) is 0 Å². The summed E-state index contributed by atoms with van der Waals surface area (Å²) in [6.07, 6.45) is 2.40. The van der Waals surface area contributed by atoms with Crippen LogP contribution in [0.1, 0.15) is 43.1 Å². The molecule has 0 spiro atoms. The quantitative estimate of drug-likeness (QED) is 0.202. The summed E-state index contributed by atoms with van der Waals surface area (Å²) < 4.78 is 19.4. The van der Waals surface area contributed by atoms with Gasteiger partial charge in [0.2, 0.25) is 5.75 Å². The summed E-state index contributed by atoms with van der Waals surface area (Å²) in [6, 6.07) is 16.4. The highest BCUT2D eigenvalue weighted by Crippen LogP contribution is 2.39. The van der Waals surface area contributed by atoms with Gasteiger partial charge in [0.25, 0.3) is 5.56 Å². The van der Waals surface area contributed by atoms with Crippen molar-refractivity contribution in [3.8, 4) is 17.2 Å². The fraction of sp³-hybridized carbons (Fsp3) is 0.250. The molecule has 4 rings (SSSR count). The van der Waals surface area contributed by atoms with Crippen molar-refractivity contribution in [2.45, 2.75) is 32.8 Å². The maximum atomic E-state index is 13.4. The Bertz CT molecular complexity index is 1480. The molecular weight excluding hydrogens is 558 g/mol. The molecule has 0 aliphatic heterocycles. The van der Waals surface area contributed by atoms with Crippen LogP contribution in [0.3, 0.4) is 0 Å². The van der Waals surface area contributed by atoms with Gasteiger partial charge in [0, 0.05) is 21.0 Å². The second-order valence-electron chi connectivity index (χ2n) is 8.47. The Morgan fingerprint density at radius 1 is 1.08 bits per heavy atom. The molecule has 0 N–H and O–H groups in total. The van der Waals surface area contributed by atoms with E-state index in [4.69, 9.17) is 30.8 Å². The zero-order valence-corrected chi connectivity index (χ0v) is 23.3. The van der Waals surface area contributed by atoms with Crippen molar-refractivity contribution in [1.82, 2.24) is 9.66 Å². The number of ether oxygens (including phenoxy) is 3. The first kappa shape index (κ1) is 26.7. The second kappa shape index (κ2) is 11.8. The Kier molecular flexibility index (Phi) is 8.51. The van der Waals surface area contributed by atoms with Crippen LogP contribution < -0.4 is 19.8 Å². The number of hydrogen-bond donors (Lipinski definition) is 0. The van der Waals surface area contributed by atoms with E-state index < -0.39 is 0 Å². The molecule has 0 bridgehead atoms. The van der Waals surface area contributed by atoms with E-state index in [0.717, 1.165) is 16.5 Å². The molecule has 0 fully saturated rings. The van der Waals surface area contributed by atoms with E-state index in [1.807, 2.05) is 43.3 Å². The van der Waals surface area contributed by atoms with Crippen molar-refractivity contribution in [2.24, 2.45) is 5.10 Å². The van der Waals surface area contributed by atoms with E-state index >= 15 is 0 Å². The number of methoxy groups -OCH3 is 2. The topological polar surface area (TPSA) is 74.9 Å². The summed E-state index contributed by atoms with van der Waals surface area (Å²) >= 11 is 9.41. The van der Waals surface area contributed by atoms with Crippen LogP contribution in [0, 0.1) is 0 Å². The summed E-state index contributed by atoms with van der Waals surface area (Å²) in [7, 11) is 3.11. The minimum atomic E-state index is -0.236. The molecule has 9 heteroatoms. The average molecular weight is 585 g/mol. The SMILES string of the molecule is CC[C@H](C)c1nc2ccc(Br)cc2c(=O)n1N=Cc1cc(OC)c(OCc2ccc(Cl)cc2)c(OC)c1. The van der Waals surface area contributed by atoms with Crippen molar-refractivity contribution in [1.29, 1.82) is 0 Å². The third kappa shape index (κ3) is 5.97. The summed E-state index contributed by atoms with van der Waals surface area (Å²) in [4.78, 5) is 18.1. The van der Waals surface area contributed by atoms with Crippen LogP contribution in [0.25, 0.3) is 10.9 Å². The minimum absolute atomic E-state index is 0.0330. The summed E-state index contributed by atoms with van der Waals surface area (Å²) in [5.74, 6) is 2.05. The molecule has 0 aliphatic carbocycles. The van der Waals surface area contributed by atoms with E-state index in [1.165, 1.54) is 4.68 Å². The van der Waals surface area contributed by atoms with Gasteiger partial charge in [-0.25, -0.2) is 4.98 Å². The van der Waals surface area contributed by atoms with Gasteiger partial charge in [-0.3, -0.25) is 4.79 Å². The van der Waals surface area contributed by atoms with Crippen LogP contribution in [0.15, 0.2) is 69.0 Å². The first-order valence-electron chi connectivity index (χ1n) is 11.7. The van der Waals surface area contributed by atoms with Gasteiger partial charge >= 0.3 is 0 Å². The van der Waals surface area contributed by atoms with Gasteiger partial charge < -0.3 is 14.2 Å². The van der Waals surface area contributed by atoms with Gasteiger partial charge in [-0.2, -0.15) is 9.78 Å². The molecule has 3 aromatic carbocycles. The van der Waals surface area contributed by atoms with Crippen molar-refractivity contribution in [3.05, 3.63) is 91.4 Å². The molecule has 1 aromatic heterocycles. The van der Waals surface area contributed by atoms with Crippen LogP contribution in [-0.4, -0.2) is 30.1 Å². The smallest absolute Gasteiger partial charge is 0.282 e. The van der Waals surface area contributed by atoms with E-state index in [1.54, 1.807) is 38.6 Å². The number of hydrogen-bond acceptors (Lipinski definition) is 6. The molecule has 4 aromatic rings. The van der Waals surface area contributed by atoms with Crippen molar-refractivity contribution in [2.75, 3.05) is 14.2 Å². The van der Waals surface area contributed by atoms with Gasteiger partial charge in [0.1, 0.15) is 12.4 Å². The number of benzene rings is 3. The van der Waals surface area contributed by atoms with Crippen LogP contribution in [-0.2, 0) is 6.61 Å². The van der Waals surface area contributed by atoms with Crippen LogP contribution >= 0.6 is 27.5 Å². The Labute approximate surface area is 228 Å². The highest BCUT2D eigenvalue weighted by atomic mass is 79.9. The molecular formula is C28H27BrClN3O4. The summed E-state index contributed by atoms with van der Waals surface area (Å²) in [5.41, 5.74) is 2.02. The van der Waals surface area contributed by atoms with Crippen molar-refractivity contribution in [3.63, 3.8) is 0 Å². The lowest BCUT2D eigenvalue weighted by molar-refractivity contribution is 0.266. The number of fused-ring (bicyclic) bond motifs is 1. The number of halogens is 2. The molecule has 1 atom stereocenters. The standard InChI is InChI=1S/C28H27BrClN3O4/c1-5-17(2)27-32-23-11-8-20(29)14-22(23)28(34)33(27)31-15-19-12-24(35-3)26(25(13-19)36-4)37-16-18-6-9-21(30)10-7-18/h6-15,17H,5,16H2,1-4H3/t17-/m0/s1.